The Kier molecular flexibility index (Phi) is 2.15. The molecule has 1 rings (SSSR count). The third kappa shape index (κ3) is 2.47. The molecule has 1 aliphatic rings. The summed E-state index contributed by atoms with van der Waals surface area (Å²) in [4.78, 5) is 1.92. The highest BCUT2D eigenvalue weighted by Gasteiger charge is 2.29. The number of quaternary nitrogens is 1. The molecule has 0 spiro atoms. The summed E-state index contributed by atoms with van der Waals surface area (Å²) in [6.45, 7) is 0.649. The van der Waals surface area contributed by atoms with Gasteiger partial charge in [0.2, 0.25) is 0 Å². The first-order valence-electron chi connectivity index (χ1n) is 3.55. The summed E-state index contributed by atoms with van der Waals surface area (Å²) in [5.41, 5.74) is 0. The Labute approximate surface area is 72.7 Å². The molecule has 0 aliphatic carbocycles. The number of hydrogen-bond acceptors (Lipinski definition) is 3. The molecule has 6 heteroatoms. The fourth-order valence-electron chi connectivity index (χ4n) is 1.37. The van der Waals surface area contributed by atoms with Crippen molar-refractivity contribution in [1.29, 1.82) is 0 Å². The van der Waals surface area contributed by atoms with Crippen molar-refractivity contribution in [1.82, 2.24) is 4.90 Å². The molecule has 70 valence electrons. The first-order chi connectivity index (χ1) is 5.31. The van der Waals surface area contributed by atoms with Gasteiger partial charge in [0.25, 0.3) is 10.0 Å². The van der Waals surface area contributed by atoms with Crippen molar-refractivity contribution >= 4 is 10.0 Å². The number of nitrogens with two attached hydrogens (primary N) is 1. The van der Waals surface area contributed by atoms with E-state index in [9.17, 15) is 8.42 Å². The maximum Gasteiger partial charge on any atom is 0.260 e. The Hall–Kier alpha value is -0.590. The van der Waals surface area contributed by atoms with Crippen molar-refractivity contribution in [3.63, 3.8) is 0 Å². The Morgan fingerprint density at radius 3 is 2.58 bits per heavy atom. The predicted octanol–water partition coefficient (Wildman–Crippen LogP) is -0.947. The van der Waals surface area contributed by atoms with E-state index >= 15 is 0 Å². The quantitative estimate of drug-likeness (QED) is 0.574. The van der Waals surface area contributed by atoms with Crippen LogP contribution in [0.5, 0.6) is 0 Å². The lowest BCUT2D eigenvalue weighted by Gasteiger charge is -2.25. The molecule has 0 saturated heterocycles. The largest absolute Gasteiger partial charge is 0.329 e. The third-order valence-electron chi connectivity index (χ3n) is 1.70. The van der Waals surface area contributed by atoms with Gasteiger partial charge in [0, 0.05) is 7.05 Å². The fraction of sp³-hybridized carbons (Fsp3) is 0.667. The van der Waals surface area contributed by atoms with Crippen LogP contribution in [0.25, 0.3) is 0 Å². The van der Waals surface area contributed by atoms with Crippen LogP contribution in [0, 0.1) is 0 Å². The molecule has 0 radical (unpaired) electrons. The van der Waals surface area contributed by atoms with Crippen molar-refractivity contribution in [3.05, 3.63) is 12.4 Å². The molecular formula is C6H14N3O2S+. The van der Waals surface area contributed by atoms with Crippen LogP contribution in [-0.4, -0.2) is 44.4 Å². The van der Waals surface area contributed by atoms with Crippen LogP contribution in [-0.2, 0) is 10.0 Å². The molecule has 5 nitrogen and oxygen atoms in total. The predicted molar refractivity (Wildman–Crippen MR) is 45.9 cm³/mol. The van der Waals surface area contributed by atoms with Crippen LogP contribution >= 0.6 is 0 Å². The highest BCUT2D eigenvalue weighted by molar-refractivity contribution is 7.88. The standard InChI is InChI=1S/C6H14N3O2S/c1-8-3-4-9(2,5-8)6-12(7,10)11/h3-4H,5-6H2,1-2H3,(H2,7,10,11)/q+1. The van der Waals surface area contributed by atoms with Crippen LogP contribution in [0.1, 0.15) is 0 Å². The number of primary sulfonamides is 1. The van der Waals surface area contributed by atoms with Gasteiger partial charge in [0.05, 0.1) is 13.2 Å². The molecule has 1 aliphatic heterocycles. The Morgan fingerprint density at radius 1 is 1.67 bits per heavy atom. The minimum atomic E-state index is -3.40. The van der Waals surface area contributed by atoms with Crippen molar-refractivity contribution in [2.75, 3.05) is 26.6 Å². The molecule has 1 heterocycles. The second-order valence-corrected chi connectivity index (χ2v) is 5.05. The minimum absolute atomic E-state index is 0.0478. The van der Waals surface area contributed by atoms with E-state index in [1.165, 1.54) is 0 Å². The van der Waals surface area contributed by atoms with Crippen molar-refractivity contribution in [3.8, 4) is 0 Å². The Bertz CT molecular complexity index is 298. The Morgan fingerprint density at radius 2 is 2.25 bits per heavy atom. The second kappa shape index (κ2) is 2.72. The lowest BCUT2D eigenvalue weighted by atomic mass is 10.7. The fourth-order valence-corrected chi connectivity index (χ4v) is 2.36. The molecule has 0 aromatic carbocycles. The van der Waals surface area contributed by atoms with Crippen LogP contribution in [0.3, 0.4) is 0 Å². The summed E-state index contributed by atoms with van der Waals surface area (Å²) in [5, 5.41) is 4.95. The normalized spacial score (nSPS) is 29.8. The molecule has 1 atom stereocenters. The first kappa shape index (κ1) is 9.50. The number of rotatable bonds is 2. The lowest BCUT2D eigenvalue weighted by Crippen LogP contribution is -2.45. The number of hydrogen-bond donors (Lipinski definition) is 1. The van der Waals surface area contributed by atoms with E-state index in [1.807, 2.05) is 31.4 Å². The molecule has 0 amide bonds. The molecule has 0 bridgehead atoms. The second-order valence-electron chi connectivity index (χ2n) is 3.47. The summed E-state index contributed by atoms with van der Waals surface area (Å²) in [6, 6.07) is 0. The average Bonchev–Trinajstić information content (AvgIpc) is 2.05. The first-order valence-corrected chi connectivity index (χ1v) is 5.27. The smallest absolute Gasteiger partial charge is 0.260 e. The van der Waals surface area contributed by atoms with Gasteiger partial charge in [0.1, 0.15) is 6.20 Å². The van der Waals surface area contributed by atoms with E-state index in [0.29, 0.717) is 11.2 Å². The molecule has 2 N–H and O–H groups in total. The van der Waals surface area contributed by atoms with Gasteiger partial charge in [-0.25, -0.2) is 13.6 Å². The van der Waals surface area contributed by atoms with E-state index in [4.69, 9.17) is 5.14 Å². The van der Waals surface area contributed by atoms with Crippen LogP contribution < -0.4 is 5.14 Å². The SMILES string of the molecule is CN1C=C[N+](C)(CS(N)(=O)=O)C1. The summed E-state index contributed by atoms with van der Waals surface area (Å²) in [5.74, 6) is -0.0478. The zero-order chi connectivity index (χ0) is 9.41. The van der Waals surface area contributed by atoms with Gasteiger partial charge in [-0.1, -0.05) is 0 Å². The van der Waals surface area contributed by atoms with E-state index in [1.54, 1.807) is 0 Å². The maximum atomic E-state index is 10.8. The van der Waals surface area contributed by atoms with E-state index in [2.05, 4.69) is 0 Å². The molecular weight excluding hydrogens is 178 g/mol. The van der Waals surface area contributed by atoms with Crippen LogP contribution in [0.15, 0.2) is 12.4 Å². The maximum absolute atomic E-state index is 10.8. The van der Waals surface area contributed by atoms with E-state index in [0.717, 1.165) is 0 Å². The van der Waals surface area contributed by atoms with Crippen molar-refractivity contribution in [2.45, 2.75) is 0 Å². The monoisotopic (exact) mass is 192 g/mol. The number of sulfonamides is 1. The molecule has 0 aromatic rings. The number of nitrogens with zero attached hydrogens (tertiary/aromatic N) is 2. The zero-order valence-electron chi connectivity index (χ0n) is 7.27. The third-order valence-corrected chi connectivity index (χ3v) is 2.65. The summed E-state index contributed by atoms with van der Waals surface area (Å²) < 4.78 is 21.9. The molecule has 12 heavy (non-hydrogen) atoms. The minimum Gasteiger partial charge on any atom is -0.329 e. The highest BCUT2D eigenvalue weighted by Crippen LogP contribution is 2.13. The van der Waals surface area contributed by atoms with Gasteiger partial charge in [-0.2, -0.15) is 0 Å². The van der Waals surface area contributed by atoms with Crippen molar-refractivity contribution < 1.29 is 12.9 Å². The molecule has 0 aromatic heterocycles. The molecule has 1 unspecified atom stereocenters. The Balaban J connectivity index is 2.71. The van der Waals surface area contributed by atoms with Crippen molar-refractivity contribution in [2.24, 2.45) is 5.14 Å². The zero-order valence-corrected chi connectivity index (χ0v) is 8.08. The molecule has 0 fully saturated rings. The van der Waals surface area contributed by atoms with E-state index < -0.39 is 10.0 Å². The van der Waals surface area contributed by atoms with Gasteiger partial charge in [0.15, 0.2) is 12.5 Å². The average molecular weight is 192 g/mol. The van der Waals surface area contributed by atoms with Gasteiger partial charge in [-0.05, 0) is 0 Å². The van der Waals surface area contributed by atoms with Gasteiger partial charge in [-0.3, -0.25) is 4.48 Å². The summed E-state index contributed by atoms with van der Waals surface area (Å²) in [7, 11) is 0.321. The topological polar surface area (TPSA) is 63.4 Å². The van der Waals surface area contributed by atoms with Gasteiger partial charge >= 0.3 is 0 Å². The summed E-state index contributed by atoms with van der Waals surface area (Å²) in [6.07, 6.45) is 3.68. The van der Waals surface area contributed by atoms with Gasteiger partial charge < -0.3 is 4.90 Å². The van der Waals surface area contributed by atoms with Crippen LogP contribution in [0.4, 0.5) is 0 Å². The van der Waals surface area contributed by atoms with E-state index in [-0.39, 0.29) is 5.88 Å². The lowest BCUT2D eigenvalue weighted by molar-refractivity contribution is -0.848. The highest BCUT2D eigenvalue weighted by atomic mass is 32.2. The molecule has 0 saturated carbocycles. The van der Waals surface area contributed by atoms with Crippen LogP contribution in [0.2, 0.25) is 0 Å². The summed E-state index contributed by atoms with van der Waals surface area (Å²) >= 11 is 0. The van der Waals surface area contributed by atoms with Gasteiger partial charge in [-0.15, -0.1) is 0 Å².